The first kappa shape index (κ1) is 17.6. The van der Waals surface area contributed by atoms with Crippen molar-refractivity contribution in [1.82, 2.24) is 29.4 Å². The lowest BCUT2D eigenvalue weighted by molar-refractivity contribution is 0.193. The van der Waals surface area contributed by atoms with Crippen LogP contribution in [-0.2, 0) is 13.6 Å². The number of pyridine rings is 1. The minimum Gasteiger partial charge on any atom is -0.337 e. The van der Waals surface area contributed by atoms with E-state index in [0.29, 0.717) is 5.92 Å². The Morgan fingerprint density at radius 2 is 2.04 bits per heavy atom. The molecule has 1 atom stereocenters. The first-order valence-electron chi connectivity index (χ1n) is 9.39. The van der Waals surface area contributed by atoms with Gasteiger partial charge in [0.15, 0.2) is 5.82 Å². The van der Waals surface area contributed by atoms with E-state index < -0.39 is 0 Å². The van der Waals surface area contributed by atoms with Gasteiger partial charge in [-0.25, -0.2) is 15.0 Å². The van der Waals surface area contributed by atoms with E-state index in [9.17, 15) is 0 Å². The maximum Gasteiger partial charge on any atom is 0.153 e. The van der Waals surface area contributed by atoms with Gasteiger partial charge in [0.05, 0.1) is 12.2 Å². The molecule has 4 heterocycles. The molecule has 7 heteroatoms. The first-order chi connectivity index (χ1) is 13.2. The summed E-state index contributed by atoms with van der Waals surface area (Å²) < 4.78 is 2.09. The van der Waals surface area contributed by atoms with Gasteiger partial charge in [-0.15, -0.1) is 0 Å². The molecule has 1 N–H and O–H groups in total. The number of likely N-dealkylation sites (tertiary alicyclic amines) is 1. The topological polar surface area (TPSA) is 71.8 Å². The second-order valence-electron chi connectivity index (χ2n) is 7.11. The van der Waals surface area contributed by atoms with E-state index in [-0.39, 0.29) is 0 Å². The molecule has 3 aromatic heterocycles. The monoisotopic (exact) mass is 363 g/mol. The molecule has 27 heavy (non-hydrogen) atoms. The molecule has 0 radical (unpaired) electrons. The zero-order valence-corrected chi connectivity index (χ0v) is 15.8. The zero-order chi connectivity index (χ0) is 18.6. The van der Waals surface area contributed by atoms with E-state index in [1.165, 1.54) is 0 Å². The smallest absolute Gasteiger partial charge is 0.153 e. The third-order valence-corrected chi connectivity index (χ3v) is 5.04. The van der Waals surface area contributed by atoms with Crippen LogP contribution >= 0.6 is 0 Å². The SMILES string of the molecule is Cc1cccc(Nc2nccnc2C2CCCN(Cc3nccn3C)C2)n1. The number of anilines is 2. The summed E-state index contributed by atoms with van der Waals surface area (Å²) in [5.74, 6) is 3.05. The molecule has 1 saturated heterocycles. The summed E-state index contributed by atoms with van der Waals surface area (Å²) in [4.78, 5) is 20.7. The summed E-state index contributed by atoms with van der Waals surface area (Å²) in [6.45, 7) is 4.90. The molecular weight excluding hydrogens is 338 g/mol. The van der Waals surface area contributed by atoms with Gasteiger partial charge in [-0.3, -0.25) is 9.88 Å². The van der Waals surface area contributed by atoms with E-state index in [1.54, 1.807) is 12.4 Å². The number of aromatic nitrogens is 5. The van der Waals surface area contributed by atoms with E-state index in [4.69, 9.17) is 0 Å². The van der Waals surface area contributed by atoms with Gasteiger partial charge in [0.1, 0.15) is 11.6 Å². The van der Waals surface area contributed by atoms with Crippen molar-refractivity contribution in [3.8, 4) is 0 Å². The highest BCUT2D eigenvalue weighted by molar-refractivity contribution is 5.55. The minimum absolute atomic E-state index is 0.347. The van der Waals surface area contributed by atoms with Gasteiger partial charge in [0.2, 0.25) is 0 Å². The Morgan fingerprint density at radius 3 is 2.85 bits per heavy atom. The quantitative estimate of drug-likeness (QED) is 0.751. The van der Waals surface area contributed by atoms with Crippen molar-refractivity contribution in [2.24, 2.45) is 7.05 Å². The van der Waals surface area contributed by atoms with Crippen LogP contribution in [0.15, 0.2) is 43.0 Å². The molecule has 1 unspecified atom stereocenters. The second-order valence-corrected chi connectivity index (χ2v) is 7.11. The fourth-order valence-electron chi connectivity index (χ4n) is 3.65. The summed E-state index contributed by atoms with van der Waals surface area (Å²) in [5, 5.41) is 3.36. The number of piperidine rings is 1. The molecule has 4 rings (SSSR count). The Morgan fingerprint density at radius 1 is 1.15 bits per heavy atom. The molecule has 0 saturated carbocycles. The summed E-state index contributed by atoms with van der Waals surface area (Å²) in [5.41, 5.74) is 2.00. The van der Waals surface area contributed by atoms with Crippen LogP contribution in [0.25, 0.3) is 0 Å². The van der Waals surface area contributed by atoms with Crippen molar-refractivity contribution in [3.63, 3.8) is 0 Å². The van der Waals surface area contributed by atoms with Crippen LogP contribution in [0.3, 0.4) is 0 Å². The Hall–Kier alpha value is -2.80. The number of imidazole rings is 1. The van der Waals surface area contributed by atoms with Crippen molar-refractivity contribution < 1.29 is 0 Å². The molecule has 1 fully saturated rings. The Kier molecular flexibility index (Phi) is 5.11. The van der Waals surface area contributed by atoms with Crippen LogP contribution in [0.2, 0.25) is 0 Å². The molecule has 0 bridgehead atoms. The summed E-state index contributed by atoms with van der Waals surface area (Å²) in [7, 11) is 2.04. The minimum atomic E-state index is 0.347. The highest BCUT2D eigenvalue weighted by atomic mass is 15.2. The van der Waals surface area contributed by atoms with Crippen LogP contribution in [0.4, 0.5) is 11.6 Å². The van der Waals surface area contributed by atoms with Crippen LogP contribution in [0.1, 0.15) is 36.0 Å². The molecule has 1 aliphatic rings. The molecule has 7 nitrogen and oxygen atoms in total. The van der Waals surface area contributed by atoms with E-state index in [1.807, 2.05) is 44.6 Å². The highest BCUT2D eigenvalue weighted by Gasteiger charge is 2.26. The van der Waals surface area contributed by atoms with Gasteiger partial charge in [0, 0.05) is 50.0 Å². The average Bonchev–Trinajstić information content (AvgIpc) is 3.07. The van der Waals surface area contributed by atoms with Crippen LogP contribution in [-0.4, -0.2) is 42.5 Å². The van der Waals surface area contributed by atoms with Crippen LogP contribution < -0.4 is 5.32 Å². The molecule has 3 aromatic rings. The van der Waals surface area contributed by atoms with Gasteiger partial charge in [-0.1, -0.05) is 6.07 Å². The summed E-state index contributed by atoms with van der Waals surface area (Å²) in [6.07, 6.45) is 9.63. The highest BCUT2D eigenvalue weighted by Crippen LogP contribution is 2.30. The van der Waals surface area contributed by atoms with E-state index >= 15 is 0 Å². The first-order valence-corrected chi connectivity index (χ1v) is 9.39. The second kappa shape index (κ2) is 7.84. The molecule has 0 aromatic carbocycles. The van der Waals surface area contributed by atoms with Gasteiger partial charge in [-0.05, 0) is 38.4 Å². The van der Waals surface area contributed by atoms with Crippen LogP contribution in [0, 0.1) is 6.92 Å². The zero-order valence-electron chi connectivity index (χ0n) is 15.8. The number of rotatable bonds is 5. The van der Waals surface area contributed by atoms with Crippen molar-refractivity contribution in [2.45, 2.75) is 32.2 Å². The fourth-order valence-corrected chi connectivity index (χ4v) is 3.65. The van der Waals surface area contributed by atoms with Crippen LogP contribution in [0.5, 0.6) is 0 Å². The molecule has 0 aliphatic carbocycles. The number of aryl methyl sites for hydroxylation is 2. The number of nitrogens with one attached hydrogen (secondary N) is 1. The maximum atomic E-state index is 4.67. The standard InChI is InChI=1S/C20H25N7/c1-15-5-3-7-17(24-15)25-20-19(22-8-9-23-20)16-6-4-11-27(13-16)14-18-21-10-12-26(18)2/h3,5,7-10,12,16H,4,6,11,13-14H2,1-2H3,(H,23,24,25). The predicted molar refractivity (Wildman–Crippen MR) is 105 cm³/mol. The molecule has 0 amide bonds. The number of hydrogen-bond donors (Lipinski definition) is 1. The lowest BCUT2D eigenvalue weighted by atomic mass is 9.94. The molecule has 1 aliphatic heterocycles. The third kappa shape index (κ3) is 4.14. The Balaban J connectivity index is 1.51. The van der Waals surface area contributed by atoms with Gasteiger partial charge in [0.25, 0.3) is 0 Å². The largest absolute Gasteiger partial charge is 0.337 e. The lowest BCUT2D eigenvalue weighted by Gasteiger charge is -2.32. The predicted octanol–water partition coefficient (Wildman–Crippen LogP) is 3.04. The average molecular weight is 363 g/mol. The number of nitrogens with zero attached hydrogens (tertiary/aromatic N) is 6. The van der Waals surface area contributed by atoms with E-state index in [0.717, 1.165) is 61.3 Å². The molecular formula is C20H25N7. The van der Waals surface area contributed by atoms with Crippen molar-refractivity contribution in [1.29, 1.82) is 0 Å². The van der Waals surface area contributed by atoms with E-state index in [2.05, 4.69) is 34.7 Å². The van der Waals surface area contributed by atoms with Gasteiger partial charge >= 0.3 is 0 Å². The summed E-state index contributed by atoms with van der Waals surface area (Å²) in [6, 6.07) is 5.94. The van der Waals surface area contributed by atoms with Gasteiger partial charge in [-0.2, -0.15) is 0 Å². The van der Waals surface area contributed by atoms with Gasteiger partial charge < -0.3 is 9.88 Å². The Bertz CT molecular complexity index is 905. The normalized spacial score (nSPS) is 17.8. The molecule has 0 spiro atoms. The number of hydrogen-bond acceptors (Lipinski definition) is 6. The Labute approximate surface area is 159 Å². The molecule has 140 valence electrons. The van der Waals surface area contributed by atoms with Crippen molar-refractivity contribution >= 4 is 11.6 Å². The summed E-state index contributed by atoms with van der Waals surface area (Å²) >= 11 is 0. The lowest BCUT2D eigenvalue weighted by Crippen LogP contribution is -2.35. The van der Waals surface area contributed by atoms with Crippen molar-refractivity contribution in [2.75, 3.05) is 18.4 Å². The fraction of sp³-hybridized carbons (Fsp3) is 0.400. The third-order valence-electron chi connectivity index (χ3n) is 5.04. The van der Waals surface area contributed by atoms with Crippen molar-refractivity contribution in [3.05, 3.63) is 60.2 Å². The maximum absolute atomic E-state index is 4.67.